The summed E-state index contributed by atoms with van der Waals surface area (Å²) in [5.74, 6) is 0.682. The second kappa shape index (κ2) is 6.05. The van der Waals surface area contributed by atoms with Crippen LogP contribution in [0.1, 0.15) is 27.2 Å². The first-order chi connectivity index (χ1) is 8.72. The first kappa shape index (κ1) is 13.2. The molecule has 0 amide bonds. The zero-order chi connectivity index (χ0) is 13.0. The van der Waals surface area contributed by atoms with Crippen molar-refractivity contribution in [2.45, 2.75) is 33.2 Å². The lowest BCUT2D eigenvalue weighted by atomic mass is 10.00. The van der Waals surface area contributed by atoms with Crippen LogP contribution in [0.3, 0.4) is 0 Å². The monoisotopic (exact) mass is 259 g/mol. The first-order valence-corrected chi connectivity index (χ1v) is 7.49. The van der Waals surface area contributed by atoms with Crippen LogP contribution in [0.5, 0.6) is 0 Å². The maximum absolute atomic E-state index is 3.66. The average molecular weight is 259 g/mol. The van der Waals surface area contributed by atoms with Gasteiger partial charge in [0, 0.05) is 22.2 Å². The van der Waals surface area contributed by atoms with Gasteiger partial charge < -0.3 is 5.32 Å². The number of hydrogen-bond donors (Lipinski definition) is 1. The molecule has 1 N–H and O–H groups in total. The van der Waals surface area contributed by atoms with Crippen molar-refractivity contribution in [3.05, 3.63) is 41.8 Å². The van der Waals surface area contributed by atoms with E-state index in [1.165, 1.54) is 22.5 Å². The number of nitrogens with one attached hydrogen (secondary N) is 1. The largest absolute Gasteiger partial charge is 0.382 e. The molecule has 0 aliphatic rings. The predicted molar refractivity (Wildman–Crippen MR) is 82.3 cm³/mol. The van der Waals surface area contributed by atoms with Gasteiger partial charge in [-0.2, -0.15) is 0 Å². The van der Waals surface area contributed by atoms with Crippen LogP contribution in [0, 0.1) is 5.92 Å². The number of hydrogen-bond acceptors (Lipinski definition) is 2. The van der Waals surface area contributed by atoms with Crippen molar-refractivity contribution in [1.82, 2.24) is 0 Å². The summed E-state index contributed by atoms with van der Waals surface area (Å²) in [6.45, 7) is 6.80. The van der Waals surface area contributed by atoms with E-state index in [-0.39, 0.29) is 0 Å². The lowest BCUT2D eigenvalue weighted by Gasteiger charge is -2.22. The topological polar surface area (TPSA) is 12.0 Å². The van der Waals surface area contributed by atoms with Crippen molar-refractivity contribution in [2.24, 2.45) is 5.92 Å². The van der Waals surface area contributed by atoms with Crippen LogP contribution in [-0.4, -0.2) is 6.04 Å². The molecule has 96 valence electrons. The maximum Gasteiger partial charge on any atom is 0.0430 e. The lowest BCUT2D eigenvalue weighted by Crippen LogP contribution is -2.23. The molecule has 1 aromatic heterocycles. The fourth-order valence-electron chi connectivity index (χ4n) is 2.00. The third-order valence-electron chi connectivity index (χ3n) is 3.59. The minimum absolute atomic E-state index is 0.496. The third-order valence-corrected chi connectivity index (χ3v) is 4.50. The summed E-state index contributed by atoms with van der Waals surface area (Å²) in [5.41, 5.74) is 2.55. The average Bonchev–Trinajstić information content (AvgIpc) is 2.92. The molecule has 0 radical (unpaired) electrons. The van der Waals surface area contributed by atoms with Gasteiger partial charge in [0.05, 0.1) is 0 Å². The molecule has 0 spiro atoms. The molecule has 0 aliphatic heterocycles. The van der Waals surface area contributed by atoms with E-state index in [0.717, 1.165) is 0 Å². The van der Waals surface area contributed by atoms with Crippen molar-refractivity contribution in [2.75, 3.05) is 5.32 Å². The Bertz CT molecular complexity index is 476. The molecule has 2 aromatic rings. The Hall–Kier alpha value is -1.28. The van der Waals surface area contributed by atoms with Gasteiger partial charge in [0.25, 0.3) is 0 Å². The van der Waals surface area contributed by atoms with Crippen molar-refractivity contribution >= 4 is 17.0 Å². The van der Waals surface area contributed by atoms with E-state index in [2.05, 4.69) is 67.9 Å². The predicted octanol–water partition coefficient (Wildman–Crippen LogP) is 5.26. The molecule has 1 heterocycles. The van der Waals surface area contributed by atoms with Crippen LogP contribution < -0.4 is 5.32 Å². The fraction of sp³-hybridized carbons (Fsp3) is 0.375. The Balaban J connectivity index is 2.23. The van der Waals surface area contributed by atoms with Crippen LogP contribution in [0.15, 0.2) is 41.8 Å². The van der Waals surface area contributed by atoms with E-state index < -0.39 is 0 Å². The fourth-order valence-corrected chi connectivity index (χ4v) is 2.76. The molecule has 0 saturated carbocycles. The van der Waals surface area contributed by atoms with E-state index >= 15 is 0 Å². The zero-order valence-electron chi connectivity index (χ0n) is 11.3. The van der Waals surface area contributed by atoms with Crippen molar-refractivity contribution in [3.8, 4) is 10.4 Å². The Kier molecular flexibility index (Phi) is 4.43. The molecule has 0 aliphatic carbocycles. The molecule has 1 aromatic carbocycles. The molecule has 2 atom stereocenters. The van der Waals surface area contributed by atoms with Crippen molar-refractivity contribution < 1.29 is 0 Å². The lowest BCUT2D eigenvalue weighted by molar-refractivity contribution is 0.495. The smallest absolute Gasteiger partial charge is 0.0430 e. The molecule has 2 unspecified atom stereocenters. The van der Waals surface area contributed by atoms with Crippen LogP contribution >= 0.6 is 11.3 Å². The van der Waals surface area contributed by atoms with Gasteiger partial charge in [-0.1, -0.05) is 44.5 Å². The SMILES string of the molecule is CCC(C)C(C)Nc1ccccc1-c1cccs1. The van der Waals surface area contributed by atoms with E-state index in [9.17, 15) is 0 Å². The van der Waals surface area contributed by atoms with E-state index in [1.807, 2.05) is 0 Å². The number of para-hydroxylation sites is 1. The summed E-state index contributed by atoms with van der Waals surface area (Å²) in [4.78, 5) is 1.33. The summed E-state index contributed by atoms with van der Waals surface area (Å²) in [6, 6.07) is 13.4. The van der Waals surface area contributed by atoms with Crippen LogP contribution in [0.25, 0.3) is 10.4 Å². The van der Waals surface area contributed by atoms with E-state index in [4.69, 9.17) is 0 Å². The summed E-state index contributed by atoms with van der Waals surface area (Å²) >= 11 is 1.79. The van der Waals surface area contributed by atoms with Gasteiger partial charge in [-0.05, 0) is 30.4 Å². The maximum atomic E-state index is 3.66. The molecule has 0 bridgehead atoms. The van der Waals surface area contributed by atoms with E-state index in [0.29, 0.717) is 12.0 Å². The Morgan fingerprint density at radius 1 is 1.11 bits per heavy atom. The van der Waals surface area contributed by atoms with Gasteiger partial charge in [-0.3, -0.25) is 0 Å². The standard InChI is InChI=1S/C16H21NS/c1-4-12(2)13(3)17-15-9-6-5-8-14(15)16-10-7-11-18-16/h5-13,17H,4H2,1-3H3. The normalized spacial score (nSPS) is 14.2. The Labute approximate surface area is 114 Å². The number of rotatable bonds is 5. The molecule has 0 saturated heterocycles. The zero-order valence-corrected chi connectivity index (χ0v) is 12.1. The highest BCUT2D eigenvalue weighted by Crippen LogP contribution is 2.32. The van der Waals surface area contributed by atoms with Gasteiger partial charge in [-0.15, -0.1) is 11.3 Å². The Morgan fingerprint density at radius 2 is 1.89 bits per heavy atom. The van der Waals surface area contributed by atoms with Gasteiger partial charge in [-0.25, -0.2) is 0 Å². The number of anilines is 1. The molecular weight excluding hydrogens is 238 g/mol. The molecule has 2 rings (SSSR count). The molecule has 0 fully saturated rings. The molecule has 18 heavy (non-hydrogen) atoms. The summed E-state index contributed by atoms with van der Waals surface area (Å²) < 4.78 is 0. The van der Waals surface area contributed by atoms with Gasteiger partial charge in [0.15, 0.2) is 0 Å². The van der Waals surface area contributed by atoms with Crippen molar-refractivity contribution in [1.29, 1.82) is 0 Å². The van der Waals surface area contributed by atoms with Crippen molar-refractivity contribution in [3.63, 3.8) is 0 Å². The summed E-state index contributed by atoms with van der Waals surface area (Å²) in [6.07, 6.45) is 1.20. The quantitative estimate of drug-likeness (QED) is 0.772. The number of benzene rings is 1. The van der Waals surface area contributed by atoms with Gasteiger partial charge in [0.1, 0.15) is 0 Å². The Morgan fingerprint density at radius 3 is 2.56 bits per heavy atom. The van der Waals surface area contributed by atoms with Crippen LogP contribution in [0.2, 0.25) is 0 Å². The third kappa shape index (κ3) is 2.94. The highest BCUT2D eigenvalue weighted by molar-refractivity contribution is 7.13. The summed E-state index contributed by atoms with van der Waals surface area (Å²) in [7, 11) is 0. The van der Waals surface area contributed by atoms with Gasteiger partial charge >= 0.3 is 0 Å². The highest BCUT2D eigenvalue weighted by atomic mass is 32.1. The van der Waals surface area contributed by atoms with Gasteiger partial charge in [0.2, 0.25) is 0 Å². The molecule has 1 nitrogen and oxygen atoms in total. The molecular formula is C16H21NS. The van der Waals surface area contributed by atoms with E-state index in [1.54, 1.807) is 11.3 Å². The number of thiophene rings is 1. The second-order valence-corrected chi connectivity index (χ2v) is 5.79. The van der Waals surface area contributed by atoms with Crippen LogP contribution in [-0.2, 0) is 0 Å². The first-order valence-electron chi connectivity index (χ1n) is 6.61. The molecule has 2 heteroatoms. The highest BCUT2D eigenvalue weighted by Gasteiger charge is 2.12. The minimum Gasteiger partial charge on any atom is -0.382 e. The second-order valence-electron chi connectivity index (χ2n) is 4.84. The minimum atomic E-state index is 0.496. The van der Waals surface area contributed by atoms with Crippen LogP contribution in [0.4, 0.5) is 5.69 Å². The summed E-state index contributed by atoms with van der Waals surface area (Å²) in [5, 5.41) is 5.79.